The predicted molar refractivity (Wildman–Crippen MR) is 67.8 cm³/mol. The highest BCUT2D eigenvalue weighted by Gasteiger charge is 2.36. The first kappa shape index (κ1) is 13.5. The third kappa shape index (κ3) is 2.73. The molecule has 2 rings (SSSR count). The maximum absolute atomic E-state index is 12.0. The molecule has 1 aromatic carbocycles. The molecule has 0 radical (unpaired) electrons. The molecule has 1 fully saturated rings. The van der Waals surface area contributed by atoms with Gasteiger partial charge in [-0.2, -0.15) is 0 Å². The number of benzene rings is 1. The lowest BCUT2D eigenvalue weighted by atomic mass is 9.99. The third-order valence-electron chi connectivity index (χ3n) is 2.86. The summed E-state index contributed by atoms with van der Waals surface area (Å²) < 4.78 is 0.431. The average Bonchev–Trinajstić information content (AvgIpc) is 2.25. The summed E-state index contributed by atoms with van der Waals surface area (Å²) in [7, 11) is 0. The Labute approximate surface area is 116 Å². The van der Waals surface area contributed by atoms with E-state index in [0.717, 1.165) is 0 Å². The van der Waals surface area contributed by atoms with Crippen molar-refractivity contribution in [2.45, 2.75) is 0 Å². The van der Waals surface area contributed by atoms with Gasteiger partial charge in [-0.15, -0.1) is 0 Å². The summed E-state index contributed by atoms with van der Waals surface area (Å²) in [6.07, 6.45) is 0. The van der Waals surface area contributed by atoms with Crippen LogP contribution in [0.3, 0.4) is 0 Å². The molecule has 0 saturated carbocycles. The lowest BCUT2D eigenvalue weighted by molar-refractivity contribution is -0.385. The molecule has 8 heteroatoms. The zero-order chi connectivity index (χ0) is 14.2. The summed E-state index contributed by atoms with van der Waals surface area (Å²) in [6, 6.07) is 3.96. The van der Waals surface area contributed by atoms with Gasteiger partial charge in [0.05, 0.1) is 10.8 Å². The molecule has 100 valence electrons. The van der Waals surface area contributed by atoms with E-state index in [9.17, 15) is 19.7 Å². The van der Waals surface area contributed by atoms with Gasteiger partial charge < -0.3 is 10.0 Å². The van der Waals surface area contributed by atoms with E-state index in [1.165, 1.54) is 23.1 Å². The second-order valence-electron chi connectivity index (χ2n) is 4.20. The molecular weight excluding hydrogens is 320 g/mol. The number of halogens is 1. The van der Waals surface area contributed by atoms with E-state index in [-0.39, 0.29) is 24.3 Å². The molecule has 1 aromatic rings. The van der Waals surface area contributed by atoms with Crippen molar-refractivity contribution in [3.63, 3.8) is 0 Å². The number of nitro benzene ring substituents is 1. The van der Waals surface area contributed by atoms with Crippen molar-refractivity contribution in [3.05, 3.63) is 38.3 Å². The first-order valence-electron chi connectivity index (χ1n) is 5.35. The van der Waals surface area contributed by atoms with Crippen molar-refractivity contribution in [3.8, 4) is 0 Å². The molecule has 0 bridgehead atoms. The van der Waals surface area contributed by atoms with Gasteiger partial charge in [-0.05, 0) is 6.07 Å². The van der Waals surface area contributed by atoms with E-state index in [4.69, 9.17) is 5.11 Å². The first-order chi connectivity index (χ1) is 8.88. The van der Waals surface area contributed by atoms with Gasteiger partial charge in [0, 0.05) is 35.3 Å². The Balaban J connectivity index is 2.16. The largest absolute Gasteiger partial charge is 0.481 e. The predicted octanol–water partition coefficient (Wildman–Crippen LogP) is 1.51. The lowest BCUT2D eigenvalue weighted by Gasteiger charge is -2.36. The van der Waals surface area contributed by atoms with Crippen LogP contribution in [0.1, 0.15) is 10.4 Å². The monoisotopic (exact) mass is 328 g/mol. The first-order valence-corrected chi connectivity index (χ1v) is 6.15. The van der Waals surface area contributed by atoms with Gasteiger partial charge in [0.15, 0.2) is 0 Å². The zero-order valence-corrected chi connectivity index (χ0v) is 11.2. The van der Waals surface area contributed by atoms with E-state index in [1.807, 2.05) is 0 Å². The fourth-order valence-electron chi connectivity index (χ4n) is 1.79. The molecule has 0 spiro atoms. The third-order valence-corrected chi connectivity index (χ3v) is 3.32. The number of carbonyl (C=O) groups excluding carboxylic acids is 1. The van der Waals surface area contributed by atoms with Gasteiger partial charge in [-0.1, -0.05) is 15.9 Å². The van der Waals surface area contributed by atoms with Crippen molar-refractivity contribution >= 4 is 33.5 Å². The van der Waals surface area contributed by atoms with E-state index in [1.54, 1.807) is 0 Å². The van der Waals surface area contributed by atoms with E-state index >= 15 is 0 Å². The van der Waals surface area contributed by atoms with Gasteiger partial charge in [-0.25, -0.2) is 0 Å². The minimum Gasteiger partial charge on any atom is -0.481 e. The van der Waals surface area contributed by atoms with Crippen LogP contribution in [0, 0.1) is 16.0 Å². The van der Waals surface area contributed by atoms with Gasteiger partial charge in [-0.3, -0.25) is 19.7 Å². The van der Waals surface area contributed by atoms with Crippen molar-refractivity contribution in [1.82, 2.24) is 4.90 Å². The van der Waals surface area contributed by atoms with Gasteiger partial charge in [0.25, 0.3) is 11.6 Å². The summed E-state index contributed by atoms with van der Waals surface area (Å²) in [5.74, 6) is -1.89. The number of rotatable bonds is 3. The molecule has 1 aliphatic rings. The molecule has 0 unspecified atom stereocenters. The van der Waals surface area contributed by atoms with Crippen LogP contribution in [0.5, 0.6) is 0 Å². The van der Waals surface area contributed by atoms with Crippen molar-refractivity contribution < 1.29 is 19.6 Å². The van der Waals surface area contributed by atoms with Crippen LogP contribution in [-0.4, -0.2) is 39.9 Å². The number of hydrogen-bond donors (Lipinski definition) is 1. The number of aliphatic carboxylic acids is 1. The summed E-state index contributed by atoms with van der Waals surface area (Å²) in [5, 5.41) is 19.4. The molecule has 1 N–H and O–H groups in total. The number of carboxylic acid groups (broad SMARTS) is 1. The molecule has 1 saturated heterocycles. The van der Waals surface area contributed by atoms with Crippen LogP contribution in [0.4, 0.5) is 5.69 Å². The molecule has 19 heavy (non-hydrogen) atoms. The molecule has 1 aliphatic heterocycles. The van der Waals surface area contributed by atoms with Crippen LogP contribution in [-0.2, 0) is 4.79 Å². The van der Waals surface area contributed by atoms with Crippen LogP contribution in [0.2, 0.25) is 0 Å². The fourth-order valence-corrected chi connectivity index (χ4v) is 2.27. The van der Waals surface area contributed by atoms with Gasteiger partial charge in [0.1, 0.15) is 0 Å². The van der Waals surface area contributed by atoms with Crippen LogP contribution < -0.4 is 0 Å². The van der Waals surface area contributed by atoms with Gasteiger partial charge >= 0.3 is 5.97 Å². The van der Waals surface area contributed by atoms with Crippen molar-refractivity contribution in [2.24, 2.45) is 5.92 Å². The summed E-state index contributed by atoms with van der Waals surface area (Å²) in [4.78, 5) is 34.1. The van der Waals surface area contributed by atoms with Crippen molar-refractivity contribution in [1.29, 1.82) is 0 Å². The molecule has 1 heterocycles. The Bertz CT molecular complexity index is 568. The minimum absolute atomic E-state index is 0.133. The smallest absolute Gasteiger partial charge is 0.310 e. The molecule has 1 amide bonds. The number of nitro groups is 1. The highest BCUT2D eigenvalue weighted by atomic mass is 79.9. The quantitative estimate of drug-likeness (QED) is 0.669. The number of hydrogen-bond acceptors (Lipinski definition) is 4. The summed E-state index contributed by atoms with van der Waals surface area (Å²) in [5.41, 5.74) is -0.0158. The molecule has 7 nitrogen and oxygen atoms in total. The number of carboxylic acids is 1. The zero-order valence-electron chi connectivity index (χ0n) is 9.58. The molecule has 0 aromatic heterocycles. The van der Waals surface area contributed by atoms with Crippen LogP contribution >= 0.6 is 15.9 Å². The summed E-state index contributed by atoms with van der Waals surface area (Å²) >= 11 is 3.10. The van der Waals surface area contributed by atoms with E-state index < -0.39 is 22.7 Å². The SMILES string of the molecule is O=C(O)C1CN(C(=O)c2cc(Br)cc([N+](=O)[O-])c2)C1. The Hall–Kier alpha value is -1.96. The maximum Gasteiger partial charge on any atom is 0.310 e. The lowest BCUT2D eigenvalue weighted by Crippen LogP contribution is -2.53. The molecule has 0 aliphatic carbocycles. The topological polar surface area (TPSA) is 101 Å². The Kier molecular flexibility index (Phi) is 3.52. The normalized spacial score (nSPS) is 14.9. The maximum atomic E-state index is 12.0. The minimum atomic E-state index is -0.940. The Morgan fingerprint density at radius 2 is 2.00 bits per heavy atom. The van der Waals surface area contributed by atoms with E-state index in [2.05, 4.69) is 15.9 Å². The average molecular weight is 329 g/mol. The summed E-state index contributed by atoms with van der Waals surface area (Å²) in [6.45, 7) is 0.267. The van der Waals surface area contributed by atoms with Crippen LogP contribution in [0.15, 0.2) is 22.7 Å². The fraction of sp³-hybridized carbons (Fsp3) is 0.273. The highest BCUT2D eigenvalue weighted by Crippen LogP contribution is 2.25. The van der Waals surface area contributed by atoms with Gasteiger partial charge in [0.2, 0.25) is 0 Å². The second-order valence-corrected chi connectivity index (χ2v) is 5.12. The van der Waals surface area contributed by atoms with Crippen LogP contribution in [0.25, 0.3) is 0 Å². The Morgan fingerprint density at radius 3 is 2.53 bits per heavy atom. The standard InChI is InChI=1S/C11H9BrN2O5/c12-8-1-6(2-9(3-8)14(18)19)10(15)13-4-7(5-13)11(16)17/h1-3,7H,4-5H2,(H,16,17). The number of amides is 1. The Morgan fingerprint density at radius 1 is 1.37 bits per heavy atom. The molecule has 0 atom stereocenters. The number of carbonyl (C=O) groups is 2. The number of nitrogens with zero attached hydrogens (tertiary/aromatic N) is 2. The number of likely N-dealkylation sites (tertiary alicyclic amines) is 1. The second kappa shape index (κ2) is 4.96. The van der Waals surface area contributed by atoms with E-state index in [0.29, 0.717) is 4.47 Å². The van der Waals surface area contributed by atoms with Crippen molar-refractivity contribution in [2.75, 3.05) is 13.1 Å². The molecular formula is C11H9BrN2O5. The highest BCUT2D eigenvalue weighted by molar-refractivity contribution is 9.10. The number of non-ortho nitro benzene ring substituents is 1.